The zero-order valence-electron chi connectivity index (χ0n) is 14.4. The van der Waals surface area contributed by atoms with Crippen LogP contribution in [0.2, 0.25) is 0 Å². The number of aliphatic hydroxyl groups excluding tert-OH is 1. The molecule has 0 bridgehead atoms. The van der Waals surface area contributed by atoms with Crippen molar-refractivity contribution in [3.05, 3.63) is 54.1 Å². The predicted molar refractivity (Wildman–Crippen MR) is 96.0 cm³/mol. The Bertz CT molecular complexity index is 817. The summed E-state index contributed by atoms with van der Waals surface area (Å²) < 4.78 is 1.77. The topological polar surface area (TPSA) is 88.8 Å². The molecule has 0 amide bonds. The van der Waals surface area contributed by atoms with Crippen LogP contribution in [0.3, 0.4) is 0 Å². The average Bonchev–Trinajstić information content (AvgIpc) is 3.04. The first-order valence-electron chi connectivity index (χ1n) is 8.23. The highest BCUT2D eigenvalue weighted by atomic mass is 16.3. The maximum Gasteiger partial charge on any atom is 0.180 e. The number of hydrogen-bond donors (Lipinski definition) is 2. The molecular weight excluding hydrogens is 316 g/mol. The van der Waals surface area contributed by atoms with Crippen LogP contribution < -0.4 is 5.32 Å². The zero-order chi connectivity index (χ0) is 17.6. The van der Waals surface area contributed by atoms with Gasteiger partial charge in [0.05, 0.1) is 6.20 Å². The number of pyridine rings is 1. The SMILES string of the molecule is Cc1cc(NC[C@H](CO)Cc2cnn(C)c2)nc(-c2ccccn2)n1. The van der Waals surface area contributed by atoms with Crippen LogP contribution in [0.1, 0.15) is 11.3 Å². The van der Waals surface area contributed by atoms with E-state index in [9.17, 15) is 5.11 Å². The summed E-state index contributed by atoms with van der Waals surface area (Å²) in [6.07, 6.45) is 6.28. The van der Waals surface area contributed by atoms with Crippen molar-refractivity contribution >= 4 is 5.82 Å². The van der Waals surface area contributed by atoms with Gasteiger partial charge in [0.15, 0.2) is 5.82 Å². The summed E-state index contributed by atoms with van der Waals surface area (Å²) in [5.41, 5.74) is 2.71. The van der Waals surface area contributed by atoms with Gasteiger partial charge in [-0.25, -0.2) is 9.97 Å². The van der Waals surface area contributed by atoms with E-state index in [4.69, 9.17) is 0 Å². The van der Waals surface area contributed by atoms with Crippen LogP contribution in [0.4, 0.5) is 5.82 Å². The summed E-state index contributed by atoms with van der Waals surface area (Å²) in [7, 11) is 1.89. The maximum absolute atomic E-state index is 9.65. The van der Waals surface area contributed by atoms with Crippen LogP contribution in [0.25, 0.3) is 11.5 Å². The first kappa shape index (κ1) is 17.0. The fraction of sp³-hybridized carbons (Fsp3) is 0.333. The van der Waals surface area contributed by atoms with E-state index in [1.54, 1.807) is 10.9 Å². The van der Waals surface area contributed by atoms with Crippen LogP contribution in [0.5, 0.6) is 0 Å². The largest absolute Gasteiger partial charge is 0.396 e. The third kappa shape index (κ3) is 4.60. The lowest BCUT2D eigenvalue weighted by molar-refractivity contribution is 0.232. The summed E-state index contributed by atoms with van der Waals surface area (Å²) in [6, 6.07) is 7.56. The zero-order valence-corrected chi connectivity index (χ0v) is 14.4. The lowest BCUT2D eigenvalue weighted by Gasteiger charge is -2.15. The fourth-order valence-corrected chi connectivity index (χ4v) is 2.63. The Morgan fingerprint density at radius 1 is 1.28 bits per heavy atom. The molecular formula is C18H22N6O. The predicted octanol–water partition coefficient (Wildman–Crippen LogP) is 1.84. The van der Waals surface area contributed by atoms with Crippen LogP contribution in [0.15, 0.2) is 42.9 Å². The third-order valence-corrected chi connectivity index (χ3v) is 3.86. The van der Waals surface area contributed by atoms with Gasteiger partial charge in [0.2, 0.25) is 0 Å². The number of nitrogens with zero attached hydrogens (tertiary/aromatic N) is 5. The van der Waals surface area contributed by atoms with Gasteiger partial charge in [-0.1, -0.05) is 6.07 Å². The van der Waals surface area contributed by atoms with Crippen LogP contribution in [-0.2, 0) is 13.5 Å². The molecule has 0 unspecified atom stereocenters. The molecule has 0 saturated carbocycles. The number of hydrogen-bond acceptors (Lipinski definition) is 6. The minimum Gasteiger partial charge on any atom is -0.396 e. The van der Waals surface area contributed by atoms with Gasteiger partial charge >= 0.3 is 0 Å². The molecule has 0 fully saturated rings. The van der Waals surface area contributed by atoms with Crippen molar-refractivity contribution in [1.82, 2.24) is 24.7 Å². The number of anilines is 1. The average molecular weight is 338 g/mol. The van der Waals surface area contributed by atoms with Crippen LogP contribution in [-0.4, -0.2) is 43.0 Å². The van der Waals surface area contributed by atoms with E-state index >= 15 is 0 Å². The van der Waals surface area contributed by atoms with E-state index in [1.165, 1.54) is 0 Å². The minimum absolute atomic E-state index is 0.0813. The van der Waals surface area contributed by atoms with Gasteiger partial charge in [-0.2, -0.15) is 5.10 Å². The summed E-state index contributed by atoms with van der Waals surface area (Å²) in [5.74, 6) is 1.41. The Labute approximate surface area is 146 Å². The molecule has 7 heteroatoms. The molecule has 1 atom stereocenters. The molecule has 0 aromatic carbocycles. The molecule has 3 rings (SSSR count). The molecule has 0 aliphatic carbocycles. The molecule has 0 radical (unpaired) electrons. The highest BCUT2D eigenvalue weighted by molar-refractivity contribution is 5.52. The van der Waals surface area contributed by atoms with Gasteiger partial charge < -0.3 is 10.4 Å². The van der Waals surface area contributed by atoms with Crippen molar-refractivity contribution in [2.75, 3.05) is 18.5 Å². The number of nitrogens with one attached hydrogen (secondary N) is 1. The monoisotopic (exact) mass is 338 g/mol. The van der Waals surface area contributed by atoms with Crippen LogP contribution in [0, 0.1) is 12.8 Å². The van der Waals surface area contributed by atoms with Gasteiger partial charge in [-0.15, -0.1) is 0 Å². The van der Waals surface area contributed by atoms with Gasteiger partial charge in [0.25, 0.3) is 0 Å². The Morgan fingerprint density at radius 3 is 2.84 bits per heavy atom. The molecule has 130 valence electrons. The van der Waals surface area contributed by atoms with Gasteiger partial charge in [-0.05, 0) is 31.0 Å². The molecule has 0 aliphatic rings. The van der Waals surface area contributed by atoms with E-state index in [-0.39, 0.29) is 12.5 Å². The molecule has 3 heterocycles. The van der Waals surface area contributed by atoms with E-state index < -0.39 is 0 Å². The van der Waals surface area contributed by atoms with E-state index in [1.807, 2.05) is 50.6 Å². The lowest BCUT2D eigenvalue weighted by Crippen LogP contribution is -2.21. The van der Waals surface area contributed by atoms with Crippen molar-refractivity contribution < 1.29 is 5.11 Å². The molecule has 0 saturated heterocycles. The van der Waals surface area contributed by atoms with E-state index in [0.717, 1.165) is 29.2 Å². The summed E-state index contributed by atoms with van der Waals surface area (Å²) in [6.45, 7) is 2.64. The van der Waals surface area contributed by atoms with Crippen molar-refractivity contribution in [3.63, 3.8) is 0 Å². The smallest absolute Gasteiger partial charge is 0.180 e. The molecule has 25 heavy (non-hydrogen) atoms. The van der Waals surface area contributed by atoms with Gasteiger partial charge in [-0.3, -0.25) is 9.67 Å². The maximum atomic E-state index is 9.65. The van der Waals surface area contributed by atoms with E-state index in [2.05, 4.69) is 25.4 Å². The van der Waals surface area contributed by atoms with E-state index in [0.29, 0.717) is 12.4 Å². The highest BCUT2D eigenvalue weighted by Crippen LogP contribution is 2.16. The van der Waals surface area contributed by atoms with Crippen molar-refractivity contribution in [2.45, 2.75) is 13.3 Å². The Kier molecular flexibility index (Phi) is 5.35. The first-order valence-corrected chi connectivity index (χ1v) is 8.23. The molecule has 0 spiro atoms. The molecule has 3 aromatic heterocycles. The molecule has 7 nitrogen and oxygen atoms in total. The van der Waals surface area contributed by atoms with Gasteiger partial charge in [0, 0.05) is 50.3 Å². The Balaban J connectivity index is 1.68. The fourth-order valence-electron chi connectivity index (χ4n) is 2.63. The number of aliphatic hydroxyl groups is 1. The second-order valence-electron chi connectivity index (χ2n) is 6.09. The lowest BCUT2D eigenvalue weighted by atomic mass is 10.0. The first-order chi connectivity index (χ1) is 12.1. The Hall–Kier alpha value is -2.80. The summed E-state index contributed by atoms with van der Waals surface area (Å²) >= 11 is 0. The van der Waals surface area contributed by atoms with Gasteiger partial charge in [0.1, 0.15) is 11.5 Å². The second-order valence-corrected chi connectivity index (χ2v) is 6.09. The summed E-state index contributed by atoms with van der Waals surface area (Å²) in [4.78, 5) is 13.3. The number of rotatable bonds is 7. The molecule has 2 N–H and O–H groups in total. The highest BCUT2D eigenvalue weighted by Gasteiger charge is 2.12. The van der Waals surface area contributed by atoms with Crippen molar-refractivity contribution in [3.8, 4) is 11.5 Å². The number of aryl methyl sites for hydroxylation is 2. The van der Waals surface area contributed by atoms with Crippen molar-refractivity contribution in [2.24, 2.45) is 13.0 Å². The number of aromatic nitrogens is 5. The normalized spacial score (nSPS) is 12.1. The third-order valence-electron chi connectivity index (χ3n) is 3.86. The quantitative estimate of drug-likeness (QED) is 0.683. The minimum atomic E-state index is 0.0813. The van der Waals surface area contributed by atoms with Crippen molar-refractivity contribution in [1.29, 1.82) is 0 Å². The van der Waals surface area contributed by atoms with Crippen LogP contribution >= 0.6 is 0 Å². The standard InChI is InChI=1S/C18H22N6O/c1-13-7-17(23-18(22-13)16-5-3-4-6-19-16)20-9-15(12-25)8-14-10-21-24(2)11-14/h3-7,10-11,15,25H,8-9,12H2,1-2H3,(H,20,22,23)/t15-/m1/s1. The second kappa shape index (κ2) is 7.85. The molecule has 3 aromatic rings. The molecule has 0 aliphatic heterocycles. The Morgan fingerprint density at radius 2 is 2.16 bits per heavy atom. The summed E-state index contributed by atoms with van der Waals surface area (Å²) in [5, 5.41) is 17.1.